The molecule has 1 saturated heterocycles. The predicted octanol–water partition coefficient (Wildman–Crippen LogP) is 4.44. The van der Waals surface area contributed by atoms with Crippen molar-refractivity contribution in [3.63, 3.8) is 0 Å². The Morgan fingerprint density at radius 3 is 2.40 bits per heavy atom. The van der Waals surface area contributed by atoms with Crippen LogP contribution >= 0.6 is 11.6 Å². The molecule has 2 aromatic carbocycles. The fourth-order valence-corrected chi connectivity index (χ4v) is 4.69. The molecule has 35 heavy (non-hydrogen) atoms. The number of aryl methyl sites for hydroxylation is 1. The second-order valence-corrected chi connectivity index (χ2v) is 8.90. The van der Waals surface area contributed by atoms with E-state index in [0.29, 0.717) is 24.3 Å². The van der Waals surface area contributed by atoms with Crippen LogP contribution in [0.15, 0.2) is 24.3 Å². The number of likely N-dealkylation sites (N-methyl/N-ethyl adjacent to an activating group) is 1. The Balaban J connectivity index is 2.21. The third-order valence-electron chi connectivity index (χ3n) is 6.30. The van der Waals surface area contributed by atoms with E-state index < -0.39 is 11.9 Å². The Kier molecular flexibility index (Phi) is 8.40. The van der Waals surface area contributed by atoms with Crippen LogP contribution in [0, 0.1) is 6.92 Å². The van der Waals surface area contributed by atoms with Gasteiger partial charge in [-0.05, 0) is 45.5 Å². The fourth-order valence-electron chi connectivity index (χ4n) is 4.49. The van der Waals surface area contributed by atoms with E-state index in [1.54, 1.807) is 31.2 Å². The molecule has 0 amide bonds. The zero-order chi connectivity index (χ0) is 25.9. The van der Waals surface area contributed by atoms with Crippen molar-refractivity contribution in [2.45, 2.75) is 39.2 Å². The number of ether oxygens (including phenoxy) is 4. The molecule has 1 aliphatic heterocycles. The lowest BCUT2D eigenvalue weighted by molar-refractivity contribution is -0.142. The Morgan fingerprint density at radius 1 is 1.11 bits per heavy atom. The summed E-state index contributed by atoms with van der Waals surface area (Å²) in [6.07, 6.45) is 0.665. The Morgan fingerprint density at radius 2 is 1.80 bits per heavy atom. The SMILES string of the molecule is COc1cc(OC)c(C2CCN(C)C2COC(C)=O)c(OC(=O)c2cccc(C)c2Cl)c1C(C)=O. The zero-order valence-electron chi connectivity index (χ0n) is 20.8. The van der Waals surface area contributed by atoms with Crippen molar-refractivity contribution in [2.75, 3.05) is 34.4 Å². The van der Waals surface area contributed by atoms with Crippen LogP contribution < -0.4 is 14.2 Å². The zero-order valence-corrected chi connectivity index (χ0v) is 21.5. The van der Waals surface area contributed by atoms with Crippen LogP contribution in [0.3, 0.4) is 0 Å². The van der Waals surface area contributed by atoms with E-state index in [2.05, 4.69) is 4.90 Å². The lowest BCUT2D eigenvalue weighted by Crippen LogP contribution is -2.34. The maximum absolute atomic E-state index is 13.3. The van der Waals surface area contributed by atoms with Crippen LogP contribution in [0.25, 0.3) is 0 Å². The molecule has 2 aromatic rings. The molecule has 0 saturated carbocycles. The summed E-state index contributed by atoms with van der Waals surface area (Å²) >= 11 is 6.38. The van der Waals surface area contributed by atoms with Gasteiger partial charge in [-0.2, -0.15) is 0 Å². The molecule has 0 bridgehead atoms. The highest BCUT2D eigenvalue weighted by Gasteiger charge is 2.40. The molecule has 3 rings (SSSR count). The molecule has 2 unspecified atom stereocenters. The minimum atomic E-state index is -0.708. The van der Waals surface area contributed by atoms with E-state index in [-0.39, 0.29) is 52.0 Å². The number of methoxy groups -OCH3 is 2. The molecular weight excluding hydrogens is 474 g/mol. The molecule has 0 aromatic heterocycles. The van der Waals surface area contributed by atoms with Gasteiger partial charge < -0.3 is 18.9 Å². The quantitative estimate of drug-likeness (QED) is 0.296. The molecule has 188 valence electrons. The fraction of sp³-hybridized carbons (Fsp3) is 0.423. The lowest BCUT2D eigenvalue weighted by atomic mass is 9.87. The van der Waals surface area contributed by atoms with E-state index in [1.165, 1.54) is 28.1 Å². The largest absolute Gasteiger partial charge is 0.496 e. The normalized spacial score (nSPS) is 17.7. The molecule has 8 nitrogen and oxygen atoms in total. The molecule has 0 aliphatic carbocycles. The summed E-state index contributed by atoms with van der Waals surface area (Å²) < 4.78 is 22.4. The molecule has 9 heteroatoms. The van der Waals surface area contributed by atoms with E-state index in [0.717, 1.165) is 5.56 Å². The number of hydrogen-bond acceptors (Lipinski definition) is 8. The number of esters is 2. The first-order chi connectivity index (χ1) is 16.6. The average molecular weight is 504 g/mol. The molecule has 0 spiro atoms. The molecule has 1 fully saturated rings. The third-order valence-corrected chi connectivity index (χ3v) is 6.80. The van der Waals surface area contributed by atoms with Crippen molar-refractivity contribution in [1.29, 1.82) is 0 Å². The number of ketones is 1. The lowest BCUT2D eigenvalue weighted by Gasteiger charge is -2.28. The number of rotatable bonds is 8. The number of Topliss-reactive ketones (excluding diaryl/α,β-unsaturated/α-hetero) is 1. The van der Waals surface area contributed by atoms with E-state index in [1.807, 2.05) is 7.05 Å². The first-order valence-corrected chi connectivity index (χ1v) is 11.6. The minimum Gasteiger partial charge on any atom is -0.496 e. The third kappa shape index (κ3) is 5.44. The summed E-state index contributed by atoms with van der Waals surface area (Å²) in [6, 6.07) is 6.45. The van der Waals surface area contributed by atoms with Crippen LogP contribution in [0.1, 0.15) is 58.0 Å². The molecule has 1 aliphatic rings. The van der Waals surface area contributed by atoms with Crippen molar-refractivity contribution in [3.05, 3.63) is 51.5 Å². The summed E-state index contributed by atoms with van der Waals surface area (Å²) in [5.74, 6) is -1.01. The van der Waals surface area contributed by atoms with E-state index in [9.17, 15) is 14.4 Å². The topological polar surface area (TPSA) is 91.4 Å². The summed E-state index contributed by atoms with van der Waals surface area (Å²) in [5, 5.41) is 0.270. The summed E-state index contributed by atoms with van der Waals surface area (Å²) in [7, 11) is 4.85. The highest BCUT2D eigenvalue weighted by Crippen LogP contribution is 2.48. The van der Waals surface area contributed by atoms with Crippen molar-refractivity contribution < 1.29 is 33.3 Å². The monoisotopic (exact) mass is 503 g/mol. The number of carbonyl (C=O) groups is 3. The number of carbonyl (C=O) groups excluding carboxylic acids is 3. The maximum atomic E-state index is 13.3. The Labute approximate surface area is 210 Å². The van der Waals surface area contributed by atoms with Gasteiger partial charge in [0.2, 0.25) is 0 Å². The smallest absolute Gasteiger partial charge is 0.345 e. The van der Waals surface area contributed by atoms with E-state index >= 15 is 0 Å². The number of likely N-dealkylation sites (tertiary alicyclic amines) is 1. The van der Waals surface area contributed by atoms with Gasteiger partial charge in [-0.3, -0.25) is 14.5 Å². The van der Waals surface area contributed by atoms with Crippen LogP contribution in [0.5, 0.6) is 17.2 Å². The van der Waals surface area contributed by atoms with Crippen molar-refractivity contribution >= 4 is 29.3 Å². The second kappa shape index (κ2) is 11.1. The maximum Gasteiger partial charge on any atom is 0.345 e. The molecular formula is C26H30ClNO7. The summed E-state index contributed by atoms with van der Waals surface area (Å²) in [4.78, 5) is 39.7. The molecule has 0 N–H and O–H groups in total. The van der Waals surface area contributed by atoms with Crippen molar-refractivity contribution in [2.24, 2.45) is 0 Å². The van der Waals surface area contributed by atoms with Crippen LogP contribution in [0.2, 0.25) is 5.02 Å². The van der Waals surface area contributed by atoms with Gasteiger partial charge in [0, 0.05) is 24.5 Å². The van der Waals surface area contributed by atoms with Crippen LogP contribution in [-0.2, 0) is 9.53 Å². The number of nitrogens with zero attached hydrogens (tertiary/aromatic N) is 1. The molecule has 0 radical (unpaired) electrons. The summed E-state index contributed by atoms with van der Waals surface area (Å²) in [6.45, 7) is 5.36. The van der Waals surface area contributed by atoms with Gasteiger partial charge in [0.25, 0.3) is 0 Å². The van der Waals surface area contributed by atoms with Gasteiger partial charge in [0.05, 0.1) is 30.8 Å². The highest BCUT2D eigenvalue weighted by atomic mass is 35.5. The van der Waals surface area contributed by atoms with E-state index in [4.69, 9.17) is 30.5 Å². The predicted molar refractivity (Wildman–Crippen MR) is 131 cm³/mol. The standard InChI is InChI=1S/C26H30ClNO7/c1-14-8-7-9-18(24(14)27)26(31)35-25-22(15(2)29)20(32-5)12-21(33-6)23(25)17-10-11-28(4)19(17)13-34-16(3)30/h7-9,12,17,19H,10-11,13H2,1-6H3. The van der Waals surface area contributed by atoms with Crippen LogP contribution in [-0.4, -0.2) is 63.1 Å². The Bertz CT molecular complexity index is 1150. The van der Waals surface area contributed by atoms with Gasteiger partial charge in [-0.25, -0.2) is 4.79 Å². The van der Waals surface area contributed by atoms with Gasteiger partial charge in [-0.1, -0.05) is 23.7 Å². The van der Waals surface area contributed by atoms with Crippen molar-refractivity contribution in [1.82, 2.24) is 4.90 Å². The van der Waals surface area contributed by atoms with Crippen molar-refractivity contribution in [3.8, 4) is 17.2 Å². The first-order valence-electron chi connectivity index (χ1n) is 11.2. The average Bonchev–Trinajstić information content (AvgIpc) is 3.17. The molecule has 1 heterocycles. The summed E-state index contributed by atoms with van der Waals surface area (Å²) in [5.41, 5.74) is 1.56. The highest BCUT2D eigenvalue weighted by molar-refractivity contribution is 6.34. The number of hydrogen-bond donors (Lipinski definition) is 0. The number of halogens is 1. The van der Waals surface area contributed by atoms with Gasteiger partial charge in [-0.15, -0.1) is 0 Å². The van der Waals surface area contributed by atoms with Crippen LogP contribution in [0.4, 0.5) is 0 Å². The first kappa shape index (κ1) is 26.5. The number of benzene rings is 2. The van der Waals surface area contributed by atoms with Gasteiger partial charge in [0.15, 0.2) is 11.5 Å². The van der Waals surface area contributed by atoms with Gasteiger partial charge >= 0.3 is 11.9 Å². The Hall–Kier alpha value is -3.10. The second-order valence-electron chi connectivity index (χ2n) is 8.53. The molecule has 2 atom stereocenters. The van der Waals surface area contributed by atoms with Gasteiger partial charge in [0.1, 0.15) is 23.7 Å². The minimum absolute atomic E-state index is 0.0596.